The Morgan fingerprint density at radius 3 is 1.36 bits per heavy atom. The van der Waals surface area contributed by atoms with Gasteiger partial charge in [-0.1, -0.05) is 65.8 Å². The summed E-state index contributed by atoms with van der Waals surface area (Å²) in [6, 6.07) is 24.4. The van der Waals surface area contributed by atoms with Crippen molar-refractivity contribution in [1.82, 2.24) is 9.80 Å². The van der Waals surface area contributed by atoms with Crippen LogP contribution in [0, 0.1) is 23.5 Å². The van der Waals surface area contributed by atoms with Gasteiger partial charge in [-0.15, -0.1) is 12.4 Å². The van der Waals surface area contributed by atoms with Gasteiger partial charge in [-0.3, -0.25) is 14.6 Å². The smallest absolute Gasteiger partial charge is 0.411 e. The van der Waals surface area contributed by atoms with Crippen LogP contribution in [-0.2, 0) is 25.4 Å². The Morgan fingerprint density at radius 1 is 0.625 bits per heavy atom. The fourth-order valence-corrected chi connectivity index (χ4v) is 6.77. The van der Waals surface area contributed by atoms with Gasteiger partial charge in [0.1, 0.15) is 11.6 Å². The Morgan fingerprint density at radius 2 is 1.00 bits per heavy atom. The number of nitrogens with two attached hydrogens (primary N) is 1. The molecule has 6 rings (SSSR count). The number of ketones is 1. The van der Waals surface area contributed by atoms with E-state index in [-0.39, 0.29) is 41.1 Å². The minimum Gasteiger partial charge on any atom is -0.411 e. The molecule has 16 heteroatoms. The third-order valence-electron chi connectivity index (χ3n) is 9.67. The average Bonchev–Trinajstić information content (AvgIpc) is 3.17. The van der Waals surface area contributed by atoms with E-state index in [2.05, 4.69) is 20.9 Å². The predicted molar refractivity (Wildman–Crippen MR) is 198 cm³/mol. The number of piperidine rings is 2. The molecule has 0 radical (unpaired) electrons. The highest BCUT2D eigenvalue weighted by atomic mass is 35.5. The summed E-state index contributed by atoms with van der Waals surface area (Å²) in [5, 5.41) is 19.1. The minimum absolute atomic E-state index is 0. The number of Topliss-reactive ketones (excluding diaryl/α,β-unsaturated/α-hetero) is 1. The topological polar surface area (TPSA) is 102 Å². The number of carbonyl (C=O) groups is 1. The van der Waals surface area contributed by atoms with Gasteiger partial charge < -0.3 is 10.4 Å². The summed E-state index contributed by atoms with van der Waals surface area (Å²) < 4.78 is 104. The number of benzene rings is 4. The number of oxime groups is 1. The van der Waals surface area contributed by atoms with Gasteiger partial charge in [0, 0.05) is 30.5 Å². The summed E-state index contributed by atoms with van der Waals surface area (Å²) in [5.41, 5.74) is 0.0295. The molecule has 2 fully saturated rings. The molecule has 2 saturated heterocycles. The molecule has 0 saturated carbocycles. The lowest BCUT2D eigenvalue weighted by atomic mass is 9.87. The molecule has 2 heterocycles. The highest BCUT2D eigenvalue weighted by molar-refractivity contribution is 6.02. The maximum atomic E-state index is 14.2. The van der Waals surface area contributed by atoms with Gasteiger partial charge in [-0.05, 0) is 99.4 Å². The van der Waals surface area contributed by atoms with Crippen LogP contribution in [0.2, 0.25) is 0 Å². The zero-order valence-corrected chi connectivity index (χ0v) is 30.9. The number of alkyl halides is 6. The molecule has 56 heavy (non-hydrogen) atoms. The van der Waals surface area contributed by atoms with Crippen molar-refractivity contribution in [3.05, 3.63) is 142 Å². The van der Waals surface area contributed by atoms with E-state index >= 15 is 0 Å². The molecular formula is C40H43ClF8N4O3. The zero-order chi connectivity index (χ0) is 40.2. The highest BCUT2D eigenvalue weighted by Crippen LogP contribution is 2.33. The molecule has 4 aromatic rings. The van der Waals surface area contributed by atoms with Gasteiger partial charge >= 0.3 is 12.4 Å². The zero-order valence-electron chi connectivity index (χ0n) is 30.1. The number of nitrogens with zero attached hydrogens (tertiary/aromatic N) is 3. The third kappa shape index (κ3) is 12.8. The first-order chi connectivity index (χ1) is 26.2. The van der Waals surface area contributed by atoms with E-state index < -0.39 is 40.9 Å². The van der Waals surface area contributed by atoms with Crippen LogP contribution in [0.5, 0.6) is 0 Å². The summed E-state index contributed by atoms with van der Waals surface area (Å²) in [7, 11) is 0. The Hall–Kier alpha value is -4.41. The third-order valence-corrected chi connectivity index (χ3v) is 9.67. The first-order valence-corrected chi connectivity index (χ1v) is 17.5. The molecule has 2 aliphatic heterocycles. The monoisotopic (exact) mass is 814 g/mol. The van der Waals surface area contributed by atoms with Gasteiger partial charge in [0.2, 0.25) is 0 Å². The molecule has 4 aromatic carbocycles. The van der Waals surface area contributed by atoms with Gasteiger partial charge in [-0.2, -0.15) is 26.3 Å². The molecule has 0 atom stereocenters. The lowest BCUT2D eigenvalue weighted by molar-refractivity contribution is -0.138. The fourth-order valence-electron chi connectivity index (χ4n) is 6.77. The van der Waals surface area contributed by atoms with Crippen LogP contribution in [0.15, 0.2) is 102 Å². The molecule has 7 nitrogen and oxygen atoms in total. The molecule has 4 N–H and O–H groups in total. The molecule has 0 bridgehead atoms. The summed E-state index contributed by atoms with van der Waals surface area (Å²) in [5.74, 6) is 0.415. The van der Waals surface area contributed by atoms with Crippen molar-refractivity contribution < 1.29 is 50.3 Å². The number of hydrogen-bond donors (Lipinski definition) is 3. The number of rotatable bonds is 8. The quantitative estimate of drug-likeness (QED) is 0.0539. The van der Waals surface area contributed by atoms with Crippen LogP contribution in [0.1, 0.15) is 63.9 Å². The van der Waals surface area contributed by atoms with Gasteiger partial charge in [-0.25, -0.2) is 14.7 Å². The first kappa shape index (κ1) is 46.0. The van der Waals surface area contributed by atoms with E-state index in [9.17, 15) is 45.1 Å². The maximum Gasteiger partial charge on any atom is 0.416 e. The second-order valence-electron chi connectivity index (χ2n) is 13.3. The van der Waals surface area contributed by atoms with Crippen molar-refractivity contribution in [2.45, 2.75) is 51.1 Å². The molecule has 304 valence electrons. The number of carbonyl (C=O) groups excluding carboxylic acids is 1. The summed E-state index contributed by atoms with van der Waals surface area (Å²) in [6.45, 7) is 4.47. The summed E-state index contributed by atoms with van der Waals surface area (Å²) in [4.78, 5) is 17.0. The fraction of sp³-hybridized carbons (Fsp3) is 0.350. The molecular weight excluding hydrogens is 772 g/mol. The van der Waals surface area contributed by atoms with Crippen molar-refractivity contribution >= 4 is 23.9 Å². The van der Waals surface area contributed by atoms with Crippen LogP contribution in [0.4, 0.5) is 35.1 Å². The SMILES string of the molecule is Cl.NO.O/N=C(/c1ccc(C(F)(F)F)cc1F)C1CCN(Cc2ccccc2)CC1.O=C(c1ccc(C(F)(F)F)cc1F)C1CCN(Cc2ccccc2)CC1. The number of likely N-dealkylation sites (tertiary alicyclic amines) is 2. The predicted octanol–water partition coefficient (Wildman–Crippen LogP) is 9.63. The minimum atomic E-state index is -4.62. The van der Waals surface area contributed by atoms with E-state index in [0.29, 0.717) is 50.9 Å². The first-order valence-electron chi connectivity index (χ1n) is 17.5. The summed E-state index contributed by atoms with van der Waals surface area (Å²) in [6.07, 6.45) is -6.79. The maximum absolute atomic E-state index is 14.2. The Kier molecular flexibility index (Phi) is 17.4. The van der Waals surface area contributed by atoms with Crippen LogP contribution in [0.3, 0.4) is 0 Å². The van der Waals surface area contributed by atoms with E-state index in [1.807, 2.05) is 60.7 Å². The molecule has 0 aliphatic carbocycles. The molecule has 0 amide bonds. The van der Waals surface area contributed by atoms with Crippen LogP contribution < -0.4 is 5.90 Å². The van der Waals surface area contributed by atoms with Gasteiger partial charge in [0.25, 0.3) is 0 Å². The van der Waals surface area contributed by atoms with Crippen LogP contribution in [0.25, 0.3) is 0 Å². The highest BCUT2D eigenvalue weighted by Gasteiger charge is 2.34. The second kappa shape index (κ2) is 21.2. The van der Waals surface area contributed by atoms with Gasteiger partial charge in [0.05, 0.1) is 22.4 Å². The van der Waals surface area contributed by atoms with Crippen molar-refractivity contribution in [1.29, 1.82) is 0 Å². The number of hydrogen-bond acceptors (Lipinski definition) is 7. The van der Waals surface area contributed by atoms with Crippen molar-refractivity contribution in [3.8, 4) is 0 Å². The second-order valence-corrected chi connectivity index (χ2v) is 13.3. The molecule has 0 spiro atoms. The van der Waals surface area contributed by atoms with Crippen molar-refractivity contribution in [3.63, 3.8) is 0 Å². The van der Waals surface area contributed by atoms with Crippen molar-refractivity contribution in [2.75, 3.05) is 26.2 Å². The van der Waals surface area contributed by atoms with E-state index in [1.165, 1.54) is 11.1 Å². The molecule has 0 unspecified atom stereocenters. The Bertz CT molecular complexity index is 1850. The molecule has 0 aromatic heterocycles. The average molecular weight is 815 g/mol. The lowest BCUT2D eigenvalue weighted by Crippen LogP contribution is -2.36. The van der Waals surface area contributed by atoms with Gasteiger partial charge in [0.15, 0.2) is 5.78 Å². The normalized spacial score (nSPS) is 16.1. The summed E-state index contributed by atoms with van der Waals surface area (Å²) >= 11 is 0. The Labute approximate surface area is 325 Å². The molecule has 2 aliphatic rings. The number of halogens is 9. The lowest BCUT2D eigenvalue weighted by Gasteiger charge is -2.32. The van der Waals surface area contributed by atoms with E-state index in [1.54, 1.807) is 0 Å². The van der Waals surface area contributed by atoms with Crippen molar-refractivity contribution in [2.24, 2.45) is 22.9 Å². The van der Waals surface area contributed by atoms with E-state index in [4.69, 9.17) is 5.21 Å². The van der Waals surface area contributed by atoms with Crippen LogP contribution >= 0.6 is 12.4 Å². The van der Waals surface area contributed by atoms with Crippen LogP contribution in [-0.4, -0.2) is 57.9 Å². The Balaban J connectivity index is 0.000000283. The standard InChI is InChI=1S/C20H20F4N2O.C20H19F4NO.ClH.H3NO/c21-18-12-16(20(22,23)24)6-7-17(18)19(25-27)15-8-10-26(11-9-15)13-14-4-2-1-3-5-14;21-18-12-16(20(22,23)24)6-7-17(18)19(26)15-8-10-25(11-9-15)13-14-4-2-1-3-5-14;;1-2/h1-7,12,15,27H,8-11,13H2;1-7,12,15H,8-11,13H2;1H;2H,1H2/b25-19+;;;. The largest absolute Gasteiger partial charge is 0.416 e. The van der Waals surface area contributed by atoms with E-state index in [0.717, 1.165) is 50.4 Å².